The van der Waals surface area contributed by atoms with E-state index in [1.807, 2.05) is 6.08 Å². The number of likely N-dealkylation sites (N-methyl/N-ethyl adjacent to an activating group) is 1. The zero-order valence-corrected chi connectivity index (χ0v) is 9.76. The summed E-state index contributed by atoms with van der Waals surface area (Å²) >= 11 is 0. The van der Waals surface area contributed by atoms with Crippen LogP contribution >= 0.6 is 12.4 Å². The molecule has 0 bridgehead atoms. The molecule has 0 spiro atoms. The molecule has 1 aromatic rings. The van der Waals surface area contributed by atoms with Crippen LogP contribution in [0.5, 0.6) is 0 Å². The minimum atomic E-state index is 0. The van der Waals surface area contributed by atoms with Crippen LogP contribution in [0.25, 0.3) is 0 Å². The van der Waals surface area contributed by atoms with Crippen molar-refractivity contribution in [3.05, 3.63) is 48.6 Å². The maximum Gasteiger partial charge on any atom is 0.104 e. The molecule has 0 aliphatic heterocycles. The Morgan fingerprint density at radius 3 is 2.29 bits per heavy atom. The van der Waals surface area contributed by atoms with Gasteiger partial charge in [0.05, 0.1) is 20.6 Å². The molecule has 0 aliphatic carbocycles. The minimum Gasteiger partial charge on any atom is -0.321 e. The van der Waals surface area contributed by atoms with Crippen molar-refractivity contribution in [2.45, 2.75) is 6.54 Å². The summed E-state index contributed by atoms with van der Waals surface area (Å²) in [6.45, 7) is 5.84. The van der Waals surface area contributed by atoms with E-state index < -0.39 is 0 Å². The highest BCUT2D eigenvalue weighted by atomic mass is 35.5. The van der Waals surface area contributed by atoms with Crippen LogP contribution in [0.4, 0.5) is 0 Å². The molecule has 0 radical (unpaired) electrons. The fourth-order valence-electron chi connectivity index (χ4n) is 1.49. The molecule has 1 rings (SSSR count). The summed E-state index contributed by atoms with van der Waals surface area (Å²) in [6.07, 6.45) is 1.98. The Bertz CT molecular complexity index is 267. The average molecular weight is 213 g/mol. The molecule has 0 aliphatic rings. The smallest absolute Gasteiger partial charge is 0.104 e. The van der Waals surface area contributed by atoms with Gasteiger partial charge in [-0.15, -0.1) is 12.4 Å². The summed E-state index contributed by atoms with van der Waals surface area (Å²) in [4.78, 5) is 0. The summed E-state index contributed by atoms with van der Waals surface area (Å²) in [5.41, 5.74) is 1.38. The second kappa shape index (κ2) is 5.84. The maximum atomic E-state index is 3.77. The third-order valence-electron chi connectivity index (χ3n) is 2.08. The molecule has 2 heteroatoms. The van der Waals surface area contributed by atoms with Crippen molar-refractivity contribution in [3.8, 4) is 0 Å². The molecule has 0 amide bonds. The average Bonchev–Trinajstić information content (AvgIpc) is 2.04. The zero-order chi connectivity index (χ0) is 9.73. The van der Waals surface area contributed by atoms with Gasteiger partial charge in [0.2, 0.25) is 0 Å². The number of hydrogen-bond donors (Lipinski definition) is 0. The summed E-state index contributed by atoms with van der Waals surface area (Å²) in [7, 11) is 4.43. The Balaban J connectivity index is 0.00000169. The molecule has 0 saturated heterocycles. The highest BCUT2D eigenvalue weighted by molar-refractivity contribution is 5.85. The predicted molar refractivity (Wildman–Crippen MR) is 64.6 cm³/mol. The van der Waals surface area contributed by atoms with Gasteiger partial charge in [0.1, 0.15) is 6.54 Å². The first kappa shape index (κ1) is 13.2. The highest BCUT2D eigenvalue weighted by Gasteiger charge is 2.12. The van der Waals surface area contributed by atoms with E-state index in [4.69, 9.17) is 0 Å². The van der Waals surface area contributed by atoms with Gasteiger partial charge in [0, 0.05) is 5.56 Å². The third kappa shape index (κ3) is 4.45. The number of hydrogen-bond acceptors (Lipinski definition) is 0. The first-order valence-electron chi connectivity index (χ1n) is 4.61. The summed E-state index contributed by atoms with van der Waals surface area (Å²) in [5.74, 6) is 0. The van der Waals surface area contributed by atoms with Gasteiger partial charge in [0.25, 0.3) is 0 Å². The Labute approximate surface area is 93.1 Å². The van der Waals surface area contributed by atoms with Gasteiger partial charge in [-0.1, -0.05) is 36.9 Å². The molecule has 0 aromatic heterocycles. The van der Waals surface area contributed by atoms with E-state index in [9.17, 15) is 0 Å². The molecule has 0 atom stereocenters. The van der Waals surface area contributed by atoms with Crippen molar-refractivity contribution >= 4 is 12.4 Å². The first-order valence-corrected chi connectivity index (χ1v) is 4.61. The fraction of sp³-hybridized carbons (Fsp3) is 0.333. The van der Waals surface area contributed by atoms with E-state index in [0.29, 0.717) is 0 Å². The second-order valence-corrected chi connectivity index (χ2v) is 4.05. The molecular formula is C12H19ClN+. The summed E-state index contributed by atoms with van der Waals surface area (Å²) in [5, 5.41) is 0. The largest absolute Gasteiger partial charge is 0.321 e. The van der Waals surface area contributed by atoms with Crippen LogP contribution in [-0.2, 0) is 6.54 Å². The van der Waals surface area contributed by atoms with Crippen LogP contribution in [0, 0.1) is 0 Å². The number of quaternary nitrogens is 1. The van der Waals surface area contributed by atoms with Gasteiger partial charge in [-0.2, -0.15) is 0 Å². The van der Waals surface area contributed by atoms with Crippen LogP contribution in [0.2, 0.25) is 0 Å². The lowest BCUT2D eigenvalue weighted by Gasteiger charge is -2.28. The van der Waals surface area contributed by atoms with Crippen molar-refractivity contribution in [2.75, 3.05) is 20.6 Å². The Morgan fingerprint density at radius 1 is 1.21 bits per heavy atom. The first-order chi connectivity index (χ1) is 6.14. The van der Waals surface area contributed by atoms with E-state index in [2.05, 4.69) is 51.0 Å². The molecule has 14 heavy (non-hydrogen) atoms. The van der Waals surface area contributed by atoms with Gasteiger partial charge >= 0.3 is 0 Å². The Kier molecular flexibility index (Phi) is 5.51. The normalized spacial score (nSPS) is 10.4. The highest BCUT2D eigenvalue weighted by Crippen LogP contribution is 2.08. The number of rotatable bonds is 4. The van der Waals surface area contributed by atoms with Gasteiger partial charge in [-0.25, -0.2) is 0 Å². The van der Waals surface area contributed by atoms with Crippen molar-refractivity contribution in [2.24, 2.45) is 0 Å². The quantitative estimate of drug-likeness (QED) is 0.532. The third-order valence-corrected chi connectivity index (χ3v) is 2.08. The van der Waals surface area contributed by atoms with Crippen molar-refractivity contribution < 1.29 is 4.48 Å². The van der Waals surface area contributed by atoms with E-state index in [1.165, 1.54) is 5.56 Å². The fourth-order valence-corrected chi connectivity index (χ4v) is 1.49. The topological polar surface area (TPSA) is 0 Å². The number of benzene rings is 1. The van der Waals surface area contributed by atoms with Crippen LogP contribution in [0.1, 0.15) is 5.56 Å². The Hall–Kier alpha value is -0.790. The SMILES string of the molecule is C=CC[N+](C)(C)Cc1ccccc1.Cl. The van der Waals surface area contributed by atoms with Crippen LogP contribution in [-0.4, -0.2) is 25.1 Å². The summed E-state index contributed by atoms with van der Waals surface area (Å²) < 4.78 is 0.966. The van der Waals surface area contributed by atoms with Gasteiger partial charge in [0.15, 0.2) is 0 Å². The van der Waals surface area contributed by atoms with Gasteiger partial charge < -0.3 is 4.48 Å². The van der Waals surface area contributed by atoms with E-state index >= 15 is 0 Å². The lowest BCUT2D eigenvalue weighted by atomic mass is 10.2. The monoisotopic (exact) mass is 212 g/mol. The summed E-state index contributed by atoms with van der Waals surface area (Å²) in [6, 6.07) is 10.6. The Morgan fingerprint density at radius 2 is 1.79 bits per heavy atom. The van der Waals surface area contributed by atoms with Crippen LogP contribution < -0.4 is 0 Å². The van der Waals surface area contributed by atoms with Gasteiger partial charge in [-0.05, 0) is 6.08 Å². The molecular weight excluding hydrogens is 194 g/mol. The van der Waals surface area contributed by atoms with Crippen molar-refractivity contribution in [3.63, 3.8) is 0 Å². The van der Waals surface area contributed by atoms with E-state index in [-0.39, 0.29) is 12.4 Å². The lowest BCUT2D eigenvalue weighted by Crippen LogP contribution is -2.38. The van der Waals surface area contributed by atoms with Crippen molar-refractivity contribution in [1.29, 1.82) is 0 Å². The molecule has 0 N–H and O–H groups in total. The molecule has 78 valence electrons. The molecule has 0 fully saturated rings. The molecule has 1 aromatic carbocycles. The molecule has 0 unspecified atom stereocenters. The second-order valence-electron chi connectivity index (χ2n) is 4.05. The molecule has 0 saturated carbocycles. The standard InChI is InChI=1S/C12H18N.ClH/c1-4-10-13(2,3)11-12-8-6-5-7-9-12;/h4-9H,1,10-11H2,2-3H3;1H/q+1;. The van der Waals surface area contributed by atoms with Crippen LogP contribution in [0.15, 0.2) is 43.0 Å². The zero-order valence-electron chi connectivity index (χ0n) is 8.94. The predicted octanol–water partition coefficient (Wildman–Crippen LogP) is 2.87. The van der Waals surface area contributed by atoms with Gasteiger partial charge in [-0.3, -0.25) is 0 Å². The minimum absolute atomic E-state index is 0. The van der Waals surface area contributed by atoms with Crippen LogP contribution in [0.3, 0.4) is 0 Å². The molecule has 1 nitrogen and oxygen atoms in total. The maximum absolute atomic E-state index is 3.77. The lowest BCUT2D eigenvalue weighted by molar-refractivity contribution is -0.897. The molecule has 0 heterocycles. The van der Waals surface area contributed by atoms with E-state index in [1.54, 1.807) is 0 Å². The number of halogens is 1. The van der Waals surface area contributed by atoms with E-state index in [0.717, 1.165) is 17.6 Å². The number of nitrogens with zero attached hydrogens (tertiary/aromatic N) is 1. The van der Waals surface area contributed by atoms with Crippen molar-refractivity contribution in [1.82, 2.24) is 0 Å².